The van der Waals surface area contributed by atoms with E-state index >= 15 is 0 Å². The molecule has 3 atom stereocenters. The number of hydrogen-bond acceptors (Lipinski definition) is 6. The summed E-state index contributed by atoms with van der Waals surface area (Å²) in [5, 5.41) is 9.32. The summed E-state index contributed by atoms with van der Waals surface area (Å²) in [6.45, 7) is 5.32. The number of rotatable bonds is 4. The Kier molecular flexibility index (Phi) is 5.03. The predicted octanol–water partition coefficient (Wildman–Crippen LogP) is 2.18. The molecule has 1 fully saturated rings. The predicted molar refractivity (Wildman–Crippen MR) is 73.4 cm³/mol. The van der Waals surface area contributed by atoms with Crippen LogP contribution in [0.25, 0.3) is 0 Å². The average molecular weight is 298 g/mol. The second kappa shape index (κ2) is 6.60. The van der Waals surface area contributed by atoms with Gasteiger partial charge in [0.1, 0.15) is 5.60 Å². The second-order valence-corrected chi connectivity index (χ2v) is 6.07. The molecule has 118 valence electrons. The molecule has 1 N–H and O–H groups in total. The van der Waals surface area contributed by atoms with Crippen molar-refractivity contribution < 1.29 is 28.5 Å². The maximum Gasteiger partial charge on any atom is 0.308 e. The standard InChI is InChI=1S/C15H22O6/c1-15(2,3)21-13(17)8-10-7-11(9-16)20-14(19-10)12-5-4-6-18-12/h4-6,10-11,14,16H,7-9H2,1-3H3/t10-,11+,14?/m1/s1. The smallest absolute Gasteiger partial charge is 0.308 e. The first kappa shape index (κ1) is 16.0. The van der Waals surface area contributed by atoms with Crippen molar-refractivity contribution in [2.75, 3.05) is 6.61 Å². The topological polar surface area (TPSA) is 78.1 Å². The van der Waals surface area contributed by atoms with E-state index in [-0.39, 0.29) is 31.2 Å². The molecule has 0 saturated carbocycles. The van der Waals surface area contributed by atoms with E-state index in [1.165, 1.54) is 6.26 Å². The van der Waals surface area contributed by atoms with Gasteiger partial charge in [-0.05, 0) is 32.9 Å². The van der Waals surface area contributed by atoms with E-state index < -0.39 is 11.9 Å². The van der Waals surface area contributed by atoms with Crippen LogP contribution in [-0.2, 0) is 19.0 Å². The highest BCUT2D eigenvalue weighted by molar-refractivity contribution is 5.70. The zero-order valence-electron chi connectivity index (χ0n) is 12.6. The van der Waals surface area contributed by atoms with Crippen LogP contribution < -0.4 is 0 Å². The van der Waals surface area contributed by atoms with E-state index in [0.29, 0.717) is 12.2 Å². The summed E-state index contributed by atoms with van der Waals surface area (Å²) < 4.78 is 21.8. The lowest BCUT2D eigenvalue weighted by Crippen LogP contribution is -2.37. The molecule has 1 unspecified atom stereocenters. The zero-order valence-corrected chi connectivity index (χ0v) is 12.6. The van der Waals surface area contributed by atoms with Crippen LogP contribution in [0.15, 0.2) is 22.8 Å². The first-order valence-corrected chi connectivity index (χ1v) is 7.04. The third-order valence-electron chi connectivity index (χ3n) is 2.95. The Morgan fingerprint density at radius 1 is 1.38 bits per heavy atom. The van der Waals surface area contributed by atoms with Gasteiger partial charge in [0.05, 0.1) is 31.5 Å². The molecule has 1 aromatic rings. The molecule has 0 aromatic carbocycles. The van der Waals surface area contributed by atoms with Gasteiger partial charge in [0.25, 0.3) is 0 Å². The summed E-state index contributed by atoms with van der Waals surface area (Å²) in [6, 6.07) is 3.46. The molecule has 0 aliphatic carbocycles. The zero-order chi connectivity index (χ0) is 15.5. The highest BCUT2D eigenvalue weighted by atomic mass is 16.7. The largest absolute Gasteiger partial charge is 0.464 e. The number of carbonyl (C=O) groups excluding carboxylic acids is 1. The highest BCUT2D eigenvalue weighted by Gasteiger charge is 2.34. The second-order valence-electron chi connectivity index (χ2n) is 6.07. The third kappa shape index (κ3) is 4.84. The lowest BCUT2D eigenvalue weighted by Gasteiger charge is -2.34. The summed E-state index contributed by atoms with van der Waals surface area (Å²) in [4.78, 5) is 11.9. The van der Waals surface area contributed by atoms with Crippen LogP contribution in [0.5, 0.6) is 0 Å². The number of hydrogen-bond donors (Lipinski definition) is 1. The first-order chi connectivity index (χ1) is 9.87. The number of esters is 1. The Bertz CT molecular complexity index is 447. The quantitative estimate of drug-likeness (QED) is 0.858. The minimum Gasteiger partial charge on any atom is -0.464 e. The summed E-state index contributed by atoms with van der Waals surface area (Å²) in [5.74, 6) is 0.187. The summed E-state index contributed by atoms with van der Waals surface area (Å²) >= 11 is 0. The van der Waals surface area contributed by atoms with Gasteiger partial charge in [0.2, 0.25) is 6.29 Å². The van der Waals surface area contributed by atoms with Crippen molar-refractivity contribution in [3.05, 3.63) is 24.2 Å². The van der Waals surface area contributed by atoms with E-state index in [4.69, 9.17) is 18.6 Å². The van der Waals surface area contributed by atoms with Crippen LogP contribution in [0.1, 0.15) is 45.7 Å². The molecule has 1 saturated heterocycles. The molecular weight excluding hydrogens is 276 g/mol. The third-order valence-corrected chi connectivity index (χ3v) is 2.95. The molecule has 0 amide bonds. The molecule has 6 nitrogen and oxygen atoms in total. The van der Waals surface area contributed by atoms with Crippen molar-refractivity contribution in [3.63, 3.8) is 0 Å². The van der Waals surface area contributed by atoms with Gasteiger partial charge in [-0.25, -0.2) is 0 Å². The maximum absolute atomic E-state index is 11.9. The van der Waals surface area contributed by atoms with Crippen LogP contribution in [-0.4, -0.2) is 35.5 Å². The Balaban J connectivity index is 1.97. The molecule has 1 aliphatic heterocycles. The van der Waals surface area contributed by atoms with E-state index in [1.807, 2.05) is 20.8 Å². The number of ether oxygens (including phenoxy) is 3. The van der Waals surface area contributed by atoms with Gasteiger partial charge in [0.15, 0.2) is 5.76 Å². The molecule has 0 spiro atoms. The van der Waals surface area contributed by atoms with Crippen LogP contribution >= 0.6 is 0 Å². The number of aliphatic hydroxyl groups excluding tert-OH is 1. The van der Waals surface area contributed by atoms with Gasteiger partial charge in [-0.2, -0.15) is 0 Å². The molecule has 0 radical (unpaired) electrons. The SMILES string of the molecule is CC(C)(C)OC(=O)C[C@H]1C[C@@H](CO)OC(c2ccco2)O1. The van der Waals surface area contributed by atoms with Crippen LogP contribution in [0.2, 0.25) is 0 Å². The minimum absolute atomic E-state index is 0.119. The molecular formula is C15H22O6. The van der Waals surface area contributed by atoms with Crippen LogP contribution in [0, 0.1) is 0 Å². The average Bonchev–Trinajstić information content (AvgIpc) is 2.89. The summed E-state index contributed by atoms with van der Waals surface area (Å²) in [7, 11) is 0. The molecule has 21 heavy (non-hydrogen) atoms. The normalized spacial score (nSPS) is 26.6. The fourth-order valence-electron chi connectivity index (χ4n) is 2.16. The molecule has 2 heterocycles. The van der Waals surface area contributed by atoms with E-state index in [2.05, 4.69) is 0 Å². The molecule has 2 rings (SSSR count). The Hall–Kier alpha value is -1.37. The van der Waals surface area contributed by atoms with Gasteiger partial charge in [-0.1, -0.05) is 0 Å². The first-order valence-electron chi connectivity index (χ1n) is 7.04. The lowest BCUT2D eigenvalue weighted by molar-refractivity contribution is -0.261. The minimum atomic E-state index is -0.710. The van der Waals surface area contributed by atoms with Gasteiger partial charge < -0.3 is 23.7 Å². The van der Waals surface area contributed by atoms with Crippen molar-refractivity contribution in [2.24, 2.45) is 0 Å². The Labute approximate surface area is 124 Å². The van der Waals surface area contributed by atoms with Gasteiger partial charge >= 0.3 is 5.97 Å². The highest BCUT2D eigenvalue weighted by Crippen LogP contribution is 2.31. The van der Waals surface area contributed by atoms with Crippen molar-refractivity contribution in [2.45, 2.75) is 57.7 Å². The van der Waals surface area contributed by atoms with Crippen molar-refractivity contribution in [1.29, 1.82) is 0 Å². The molecule has 0 bridgehead atoms. The van der Waals surface area contributed by atoms with E-state index in [1.54, 1.807) is 12.1 Å². The Morgan fingerprint density at radius 2 is 2.10 bits per heavy atom. The number of furan rings is 1. The number of aliphatic hydroxyl groups is 1. The molecule has 1 aromatic heterocycles. The fraction of sp³-hybridized carbons (Fsp3) is 0.667. The maximum atomic E-state index is 11.9. The van der Waals surface area contributed by atoms with Gasteiger partial charge in [-0.15, -0.1) is 0 Å². The Morgan fingerprint density at radius 3 is 2.67 bits per heavy atom. The van der Waals surface area contributed by atoms with Gasteiger partial charge in [0, 0.05) is 6.42 Å². The fourth-order valence-corrected chi connectivity index (χ4v) is 2.16. The number of carbonyl (C=O) groups is 1. The van der Waals surface area contributed by atoms with E-state index in [9.17, 15) is 9.90 Å². The van der Waals surface area contributed by atoms with Crippen LogP contribution in [0.3, 0.4) is 0 Å². The summed E-state index contributed by atoms with van der Waals surface area (Å²) in [6.07, 6.45) is 0.606. The molecule has 6 heteroatoms. The van der Waals surface area contributed by atoms with Crippen molar-refractivity contribution in [1.82, 2.24) is 0 Å². The van der Waals surface area contributed by atoms with E-state index in [0.717, 1.165) is 0 Å². The van der Waals surface area contributed by atoms with Crippen LogP contribution in [0.4, 0.5) is 0 Å². The monoisotopic (exact) mass is 298 g/mol. The lowest BCUT2D eigenvalue weighted by atomic mass is 10.1. The summed E-state index contributed by atoms with van der Waals surface area (Å²) in [5.41, 5.74) is -0.529. The van der Waals surface area contributed by atoms with Gasteiger partial charge in [-0.3, -0.25) is 4.79 Å². The van der Waals surface area contributed by atoms with Crippen molar-refractivity contribution >= 4 is 5.97 Å². The molecule has 1 aliphatic rings. The van der Waals surface area contributed by atoms with Crippen molar-refractivity contribution in [3.8, 4) is 0 Å².